The molecule has 0 bridgehead atoms. The van der Waals surface area contributed by atoms with Crippen LogP contribution in [0, 0.1) is 0 Å². The molecule has 0 spiro atoms. The van der Waals surface area contributed by atoms with Crippen molar-refractivity contribution >= 4 is 27.2 Å². The summed E-state index contributed by atoms with van der Waals surface area (Å²) in [5, 5.41) is 0. The lowest BCUT2D eigenvalue weighted by Crippen LogP contribution is -2.22. The van der Waals surface area contributed by atoms with Gasteiger partial charge in [0.1, 0.15) is 10.4 Å². The standard InChI is InChI=1S/C14H13BrN4O2/c1-18-13-12(16-7-11(15)17-13)19(14(18)20)8-9-3-5-10(21-2)6-4-9/h3-7H,8H2,1-2H3. The summed E-state index contributed by atoms with van der Waals surface area (Å²) in [4.78, 5) is 20.9. The van der Waals surface area contributed by atoms with Crippen LogP contribution < -0.4 is 10.4 Å². The number of fused-ring (bicyclic) bond motifs is 1. The fraction of sp³-hybridized carbons (Fsp3) is 0.214. The van der Waals surface area contributed by atoms with Crippen molar-refractivity contribution in [3.8, 4) is 5.75 Å². The monoisotopic (exact) mass is 348 g/mol. The Hall–Kier alpha value is -2.15. The zero-order valence-corrected chi connectivity index (χ0v) is 13.2. The van der Waals surface area contributed by atoms with Crippen molar-refractivity contribution in [1.29, 1.82) is 0 Å². The van der Waals surface area contributed by atoms with Crippen LogP contribution in [-0.4, -0.2) is 26.2 Å². The topological polar surface area (TPSA) is 61.9 Å². The highest BCUT2D eigenvalue weighted by atomic mass is 79.9. The smallest absolute Gasteiger partial charge is 0.331 e. The summed E-state index contributed by atoms with van der Waals surface area (Å²) >= 11 is 3.27. The molecule has 6 nitrogen and oxygen atoms in total. The Morgan fingerprint density at radius 2 is 1.95 bits per heavy atom. The fourth-order valence-electron chi connectivity index (χ4n) is 2.19. The molecule has 7 heteroatoms. The third kappa shape index (κ3) is 2.44. The van der Waals surface area contributed by atoms with E-state index in [-0.39, 0.29) is 5.69 Å². The average molecular weight is 349 g/mol. The number of imidazole rings is 1. The van der Waals surface area contributed by atoms with E-state index >= 15 is 0 Å². The van der Waals surface area contributed by atoms with Gasteiger partial charge in [0.05, 0.1) is 19.9 Å². The first kappa shape index (κ1) is 13.8. The van der Waals surface area contributed by atoms with Gasteiger partial charge < -0.3 is 4.74 Å². The Labute approximate surface area is 129 Å². The summed E-state index contributed by atoms with van der Waals surface area (Å²) in [6, 6.07) is 7.59. The third-order valence-electron chi connectivity index (χ3n) is 3.30. The quantitative estimate of drug-likeness (QED) is 0.725. The Kier molecular flexibility index (Phi) is 3.50. The van der Waals surface area contributed by atoms with Crippen LogP contribution in [0.1, 0.15) is 5.56 Å². The fourth-order valence-corrected chi connectivity index (χ4v) is 2.46. The van der Waals surface area contributed by atoms with Gasteiger partial charge in [0.2, 0.25) is 0 Å². The molecule has 0 N–H and O–H groups in total. The summed E-state index contributed by atoms with van der Waals surface area (Å²) in [5.41, 5.74) is 1.98. The highest BCUT2D eigenvalue weighted by Crippen LogP contribution is 2.15. The maximum Gasteiger partial charge on any atom is 0.331 e. The van der Waals surface area contributed by atoms with Crippen molar-refractivity contribution in [2.75, 3.05) is 7.11 Å². The Balaban J connectivity index is 2.07. The second-order valence-electron chi connectivity index (χ2n) is 4.62. The molecule has 0 unspecified atom stereocenters. The second-order valence-corrected chi connectivity index (χ2v) is 5.43. The summed E-state index contributed by atoms with van der Waals surface area (Å²) < 4.78 is 8.84. The van der Waals surface area contributed by atoms with Crippen molar-refractivity contribution < 1.29 is 4.74 Å². The molecule has 3 aromatic rings. The Morgan fingerprint density at radius 1 is 1.24 bits per heavy atom. The number of aryl methyl sites for hydroxylation is 1. The van der Waals surface area contributed by atoms with Crippen LogP contribution >= 0.6 is 15.9 Å². The van der Waals surface area contributed by atoms with Gasteiger partial charge in [0.15, 0.2) is 11.3 Å². The van der Waals surface area contributed by atoms with E-state index in [0.717, 1.165) is 11.3 Å². The van der Waals surface area contributed by atoms with E-state index in [1.165, 1.54) is 4.57 Å². The highest BCUT2D eigenvalue weighted by molar-refractivity contribution is 9.10. The molecule has 0 saturated heterocycles. The Bertz CT molecular complexity index is 852. The van der Waals surface area contributed by atoms with Crippen LogP contribution in [0.2, 0.25) is 0 Å². The highest BCUT2D eigenvalue weighted by Gasteiger charge is 2.13. The number of hydrogen-bond donors (Lipinski definition) is 0. The molecule has 0 aliphatic heterocycles. The third-order valence-corrected chi connectivity index (χ3v) is 3.68. The molecule has 108 valence electrons. The largest absolute Gasteiger partial charge is 0.497 e. The predicted molar refractivity (Wildman–Crippen MR) is 82.6 cm³/mol. The van der Waals surface area contributed by atoms with Gasteiger partial charge in [-0.1, -0.05) is 12.1 Å². The van der Waals surface area contributed by atoms with Crippen molar-refractivity contribution in [3.63, 3.8) is 0 Å². The molecule has 0 aliphatic carbocycles. The van der Waals surface area contributed by atoms with Gasteiger partial charge in [-0.3, -0.25) is 9.13 Å². The number of halogens is 1. The van der Waals surface area contributed by atoms with Gasteiger partial charge in [0, 0.05) is 7.05 Å². The maximum absolute atomic E-state index is 12.3. The molecule has 0 radical (unpaired) electrons. The van der Waals surface area contributed by atoms with E-state index in [4.69, 9.17) is 4.74 Å². The molecule has 3 rings (SSSR count). The van der Waals surface area contributed by atoms with Gasteiger partial charge >= 0.3 is 5.69 Å². The molecule has 0 atom stereocenters. The lowest BCUT2D eigenvalue weighted by atomic mass is 10.2. The van der Waals surface area contributed by atoms with E-state index in [2.05, 4.69) is 25.9 Å². The predicted octanol–water partition coefficient (Wildman–Crippen LogP) is 1.95. The van der Waals surface area contributed by atoms with Gasteiger partial charge in [-0.25, -0.2) is 14.8 Å². The zero-order chi connectivity index (χ0) is 15.0. The zero-order valence-electron chi connectivity index (χ0n) is 11.6. The van der Waals surface area contributed by atoms with Crippen LogP contribution in [0.4, 0.5) is 0 Å². The number of aromatic nitrogens is 4. The first-order valence-corrected chi connectivity index (χ1v) is 7.10. The van der Waals surface area contributed by atoms with Crippen LogP contribution in [-0.2, 0) is 13.6 Å². The van der Waals surface area contributed by atoms with Crippen LogP contribution in [0.5, 0.6) is 5.75 Å². The van der Waals surface area contributed by atoms with Crippen molar-refractivity contribution in [2.45, 2.75) is 6.54 Å². The molecule has 0 aliphatic rings. The molecule has 0 amide bonds. The van der Waals surface area contributed by atoms with Crippen LogP contribution in [0.15, 0.2) is 39.9 Å². The lowest BCUT2D eigenvalue weighted by molar-refractivity contribution is 0.414. The number of nitrogens with zero attached hydrogens (tertiary/aromatic N) is 4. The van der Waals surface area contributed by atoms with E-state index < -0.39 is 0 Å². The SMILES string of the molecule is COc1ccc(Cn2c(=O)n(C)c3nc(Br)cnc32)cc1. The number of benzene rings is 1. The van der Waals surface area contributed by atoms with Crippen LogP contribution in [0.3, 0.4) is 0 Å². The average Bonchev–Trinajstić information content (AvgIpc) is 2.73. The van der Waals surface area contributed by atoms with Crippen LogP contribution in [0.25, 0.3) is 11.3 Å². The minimum Gasteiger partial charge on any atom is -0.497 e. The first-order valence-electron chi connectivity index (χ1n) is 6.31. The maximum atomic E-state index is 12.3. The minimum atomic E-state index is -0.140. The molecule has 21 heavy (non-hydrogen) atoms. The second kappa shape index (κ2) is 5.33. The number of rotatable bonds is 3. The van der Waals surface area contributed by atoms with Gasteiger partial charge in [-0.15, -0.1) is 0 Å². The molecule has 2 aromatic heterocycles. The van der Waals surface area contributed by atoms with Gasteiger partial charge in [0.25, 0.3) is 0 Å². The van der Waals surface area contributed by atoms with Crippen molar-refractivity contribution in [1.82, 2.24) is 19.1 Å². The van der Waals surface area contributed by atoms with Gasteiger partial charge in [-0.2, -0.15) is 0 Å². The summed E-state index contributed by atoms with van der Waals surface area (Å²) in [5.74, 6) is 0.785. The van der Waals surface area contributed by atoms with Crippen molar-refractivity contribution in [3.05, 3.63) is 51.1 Å². The summed E-state index contributed by atoms with van der Waals surface area (Å²) in [6.07, 6.45) is 1.59. The summed E-state index contributed by atoms with van der Waals surface area (Å²) in [6.45, 7) is 0.441. The number of hydrogen-bond acceptors (Lipinski definition) is 4. The molecule has 1 aromatic carbocycles. The molecule has 0 saturated carbocycles. The molecule has 2 heterocycles. The first-order chi connectivity index (χ1) is 10.1. The summed E-state index contributed by atoms with van der Waals surface area (Å²) in [7, 11) is 3.31. The molecular weight excluding hydrogens is 336 g/mol. The van der Waals surface area contributed by atoms with E-state index in [1.807, 2.05) is 24.3 Å². The van der Waals surface area contributed by atoms with E-state index in [1.54, 1.807) is 24.9 Å². The van der Waals surface area contributed by atoms with E-state index in [9.17, 15) is 4.79 Å². The number of methoxy groups -OCH3 is 1. The molecular formula is C14H13BrN4O2. The van der Waals surface area contributed by atoms with E-state index in [0.29, 0.717) is 22.4 Å². The lowest BCUT2D eigenvalue weighted by Gasteiger charge is -2.04. The molecule has 0 fully saturated rings. The number of ether oxygens (including phenoxy) is 1. The van der Waals surface area contributed by atoms with Gasteiger partial charge in [-0.05, 0) is 33.6 Å². The Morgan fingerprint density at radius 3 is 2.62 bits per heavy atom. The van der Waals surface area contributed by atoms with Crippen molar-refractivity contribution in [2.24, 2.45) is 7.05 Å². The normalized spacial score (nSPS) is 11.0. The minimum absolute atomic E-state index is 0.140.